The van der Waals surface area contributed by atoms with Gasteiger partial charge in [-0.3, -0.25) is 4.79 Å². The number of nitrogens with zero attached hydrogens (tertiary/aromatic N) is 4. The Morgan fingerprint density at radius 1 is 1.22 bits per heavy atom. The zero-order chi connectivity index (χ0) is 16.1. The molecule has 5 nitrogen and oxygen atoms in total. The molecule has 0 radical (unpaired) electrons. The van der Waals surface area contributed by atoms with Gasteiger partial charge in [-0.05, 0) is 43.7 Å². The third-order valence-corrected chi connectivity index (χ3v) is 5.38. The molecule has 0 spiro atoms. The lowest BCUT2D eigenvalue weighted by molar-refractivity contribution is 0.694. The minimum Gasteiger partial charge on any atom is -0.323 e. The van der Waals surface area contributed by atoms with Crippen LogP contribution in [0.4, 0.5) is 5.69 Å². The first-order valence-corrected chi connectivity index (χ1v) is 8.32. The minimum absolute atomic E-state index is 0.0983. The maximum absolute atomic E-state index is 12.7. The van der Waals surface area contributed by atoms with Gasteiger partial charge in [0.1, 0.15) is 11.2 Å². The summed E-state index contributed by atoms with van der Waals surface area (Å²) in [5.41, 5.74) is 1.85. The molecular weight excluding hydrogens is 332 g/mol. The number of fused-ring (bicyclic) bond motifs is 2. The third kappa shape index (κ3) is 2.26. The molecule has 0 unspecified atom stereocenters. The number of aryl methyl sites for hydroxylation is 2. The van der Waals surface area contributed by atoms with E-state index in [1.165, 1.54) is 4.68 Å². The standard InChI is InChI=1S/C16H13ClN4OS/c1-9-10(2)23-15-14(9)16(22)21-13(19-15)7-20(8-18-21)12-5-3-11(17)4-6-12/h3-6,8H,7H2,1-2H3. The van der Waals surface area contributed by atoms with E-state index in [4.69, 9.17) is 11.6 Å². The number of hydrogen-bond acceptors (Lipinski definition) is 5. The molecule has 0 saturated heterocycles. The second-order valence-corrected chi connectivity index (χ2v) is 7.08. The Morgan fingerprint density at radius 2 is 1.96 bits per heavy atom. The third-order valence-electron chi connectivity index (χ3n) is 4.02. The van der Waals surface area contributed by atoms with Gasteiger partial charge in [0, 0.05) is 15.6 Å². The van der Waals surface area contributed by atoms with Crippen LogP contribution in [0.25, 0.3) is 10.2 Å². The Morgan fingerprint density at radius 3 is 2.70 bits per heavy atom. The smallest absolute Gasteiger partial charge is 0.283 e. The van der Waals surface area contributed by atoms with Crippen LogP contribution in [-0.4, -0.2) is 16.0 Å². The van der Waals surface area contributed by atoms with Gasteiger partial charge in [0.2, 0.25) is 0 Å². The Hall–Kier alpha value is -2.18. The predicted molar refractivity (Wildman–Crippen MR) is 94.9 cm³/mol. The van der Waals surface area contributed by atoms with Crippen LogP contribution in [0.15, 0.2) is 34.2 Å². The molecule has 3 heterocycles. The van der Waals surface area contributed by atoms with Gasteiger partial charge in [0.15, 0.2) is 5.82 Å². The molecule has 0 amide bonds. The SMILES string of the molecule is Cc1sc2nc3n(c(=O)c2c1C)N=CN(c1ccc(Cl)cc1)C3. The van der Waals surface area contributed by atoms with Crippen molar-refractivity contribution in [1.29, 1.82) is 0 Å². The van der Waals surface area contributed by atoms with Gasteiger partial charge in [-0.2, -0.15) is 9.78 Å². The molecule has 2 aromatic heterocycles. The average Bonchev–Trinajstić information content (AvgIpc) is 2.82. The number of thiophene rings is 1. The molecule has 0 fully saturated rings. The quantitative estimate of drug-likeness (QED) is 0.678. The van der Waals surface area contributed by atoms with Crippen LogP contribution in [0.3, 0.4) is 0 Å². The van der Waals surface area contributed by atoms with Crippen molar-refractivity contribution < 1.29 is 0 Å². The van der Waals surface area contributed by atoms with Crippen molar-refractivity contribution in [3.63, 3.8) is 0 Å². The first-order chi connectivity index (χ1) is 11.0. The highest BCUT2D eigenvalue weighted by molar-refractivity contribution is 7.18. The average molecular weight is 345 g/mol. The summed E-state index contributed by atoms with van der Waals surface area (Å²) in [4.78, 5) is 21.2. The second kappa shape index (κ2) is 5.18. The highest BCUT2D eigenvalue weighted by Crippen LogP contribution is 2.27. The highest BCUT2D eigenvalue weighted by Gasteiger charge is 2.20. The number of hydrogen-bond donors (Lipinski definition) is 0. The fraction of sp³-hybridized carbons (Fsp3) is 0.188. The predicted octanol–water partition coefficient (Wildman–Crippen LogP) is 3.54. The summed E-state index contributed by atoms with van der Waals surface area (Å²) in [5.74, 6) is 0.640. The Kier molecular flexibility index (Phi) is 3.25. The number of aromatic nitrogens is 2. The van der Waals surface area contributed by atoms with Gasteiger partial charge in [-0.1, -0.05) is 11.6 Å². The van der Waals surface area contributed by atoms with Crippen molar-refractivity contribution in [1.82, 2.24) is 9.66 Å². The van der Waals surface area contributed by atoms with Crippen molar-refractivity contribution in [2.45, 2.75) is 20.4 Å². The van der Waals surface area contributed by atoms with Gasteiger partial charge < -0.3 is 4.90 Å². The molecule has 0 aliphatic carbocycles. The lowest BCUT2D eigenvalue weighted by Gasteiger charge is -2.24. The Bertz CT molecular complexity index is 1000. The molecular formula is C16H13ClN4OS. The van der Waals surface area contributed by atoms with E-state index < -0.39 is 0 Å². The molecule has 4 rings (SSSR count). The summed E-state index contributed by atoms with van der Waals surface area (Å²) in [6, 6.07) is 7.49. The first-order valence-electron chi connectivity index (χ1n) is 7.13. The van der Waals surface area contributed by atoms with E-state index in [1.54, 1.807) is 17.7 Å². The number of anilines is 1. The molecule has 1 aromatic carbocycles. The van der Waals surface area contributed by atoms with Crippen LogP contribution >= 0.6 is 22.9 Å². The fourth-order valence-electron chi connectivity index (χ4n) is 2.65. The van der Waals surface area contributed by atoms with Crippen LogP contribution < -0.4 is 10.5 Å². The van der Waals surface area contributed by atoms with Gasteiger partial charge in [0.05, 0.1) is 11.9 Å². The first kappa shape index (κ1) is 14.4. The van der Waals surface area contributed by atoms with E-state index in [1.807, 2.05) is 43.0 Å². The molecule has 23 heavy (non-hydrogen) atoms. The summed E-state index contributed by atoms with van der Waals surface area (Å²) < 4.78 is 1.40. The molecule has 7 heteroatoms. The lowest BCUT2D eigenvalue weighted by Crippen LogP contribution is -2.33. The summed E-state index contributed by atoms with van der Waals surface area (Å²) in [6.07, 6.45) is 1.65. The molecule has 116 valence electrons. The number of rotatable bonds is 1. The minimum atomic E-state index is -0.0983. The van der Waals surface area contributed by atoms with Crippen molar-refractivity contribution in [2.24, 2.45) is 5.10 Å². The maximum atomic E-state index is 12.7. The van der Waals surface area contributed by atoms with Gasteiger partial charge in [0.25, 0.3) is 5.56 Å². The van der Waals surface area contributed by atoms with E-state index >= 15 is 0 Å². The molecule has 0 bridgehead atoms. The van der Waals surface area contributed by atoms with Gasteiger partial charge in [-0.25, -0.2) is 4.98 Å². The molecule has 1 aliphatic rings. The summed E-state index contributed by atoms with van der Waals surface area (Å²) in [7, 11) is 0. The van der Waals surface area contributed by atoms with Crippen LogP contribution in [0.2, 0.25) is 5.02 Å². The van der Waals surface area contributed by atoms with Crippen LogP contribution in [0, 0.1) is 13.8 Å². The van der Waals surface area contributed by atoms with Gasteiger partial charge >= 0.3 is 0 Å². The Labute approximate surface area is 141 Å². The topological polar surface area (TPSA) is 50.5 Å². The zero-order valence-electron chi connectivity index (χ0n) is 12.6. The molecule has 1 aliphatic heterocycles. The fourth-order valence-corrected chi connectivity index (χ4v) is 3.81. The van der Waals surface area contributed by atoms with E-state index in [0.29, 0.717) is 22.8 Å². The van der Waals surface area contributed by atoms with Crippen molar-refractivity contribution >= 4 is 45.2 Å². The highest BCUT2D eigenvalue weighted by atomic mass is 35.5. The van der Waals surface area contributed by atoms with Crippen molar-refractivity contribution in [3.05, 3.63) is 55.9 Å². The monoisotopic (exact) mass is 344 g/mol. The van der Waals surface area contributed by atoms with Crippen LogP contribution in [-0.2, 0) is 6.54 Å². The molecule has 3 aromatic rings. The van der Waals surface area contributed by atoms with Crippen LogP contribution in [0.1, 0.15) is 16.3 Å². The van der Waals surface area contributed by atoms with Crippen LogP contribution in [0.5, 0.6) is 0 Å². The molecule has 0 atom stereocenters. The van der Waals surface area contributed by atoms with E-state index in [9.17, 15) is 4.79 Å². The normalized spacial score (nSPS) is 13.6. The van der Waals surface area contributed by atoms with Gasteiger partial charge in [-0.15, -0.1) is 11.3 Å². The van der Waals surface area contributed by atoms with Crippen molar-refractivity contribution in [2.75, 3.05) is 4.90 Å². The maximum Gasteiger partial charge on any atom is 0.283 e. The van der Waals surface area contributed by atoms with E-state index in [2.05, 4.69) is 10.1 Å². The molecule has 0 N–H and O–H groups in total. The van der Waals surface area contributed by atoms with E-state index in [0.717, 1.165) is 21.0 Å². The van der Waals surface area contributed by atoms with E-state index in [-0.39, 0.29) is 5.56 Å². The number of halogens is 1. The Balaban J connectivity index is 1.83. The second-order valence-electron chi connectivity index (χ2n) is 5.44. The summed E-state index contributed by atoms with van der Waals surface area (Å²) >= 11 is 7.48. The van der Waals surface area contributed by atoms with Crippen molar-refractivity contribution in [3.8, 4) is 0 Å². The summed E-state index contributed by atoms with van der Waals surface area (Å²) in [6.45, 7) is 4.46. The lowest BCUT2D eigenvalue weighted by atomic mass is 10.2. The molecule has 0 saturated carbocycles. The largest absolute Gasteiger partial charge is 0.323 e. The summed E-state index contributed by atoms with van der Waals surface area (Å²) in [5, 5.41) is 5.65. The zero-order valence-corrected chi connectivity index (χ0v) is 14.1. The number of benzene rings is 1.